The first kappa shape index (κ1) is 13.6. The van der Waals surface area contributed by atoms with Crippen LogP contribution < -0.4 is 5.73 Å². The molecule has 5 heteroatoms. The molecule has 5 nitrogen and oxygen atoms in total. The zero-order chi connectivity index (χ0) is 13.0. The van der Waals surface area contributed by atoms with Crippen LogP contribution in [0.2, 0.25) is 0 Å². The summed E-state index contributed by atoms with van der Waals surface area (Å²) in [6.07, 6.45) is 3.01. The third-order valence-electron chi connectivity index (χ3n) is 2.57. The lowest BCUT2D eigenvalue weighted by atomic mass is 10.00. The van der Waals surface area contributed by atoms with Gasteiger partial charge in [-0.25, -0.2) is 0 Å². The van der Waals surface area contributed by atoms with Gasteiger partial charge >= 0.3 is 0 Å². The minimum atomic E-state index is -0.380. The van der Waals surface area contributed by atoms with E-state index in [0.29, 0.717) is 23.6 Å². The number of hydrogen-bond acceptors (Lipinski definition) is 4. The number of aryl methyl sites for hydroxylation is 1. The van der Waals surface area contributed by atoms with Gasteiger partial charge in [0, 0.05) is 36.0 Å². The van der Waals surface area contributed by atoms with Crippen molar-refractivity contribution in [3.63, 3.8) is 0 Å². The predicted molar refractivity (Wildman–Crippen MR) is 66.8 cm³/mol. The molecular weight excluding hydrogens is 218 g/mol. The van der Waals surface area contributed by atoms with Crippen molar-refractivity contribution in [3.05, 3.63) is 33.6 Å². The van der Waals surface area contributed by atoms with E-state index in [-0.39, 0.29) is 16.7 Å². The molecule has 0 aliphatic carbocycles. The standard InChI is InChI=1S/C12H19N3O2/c1-8(2)4-10(13)5-11-6-12(15(16)17)9(3)7-14-11/h6-8,10H,4-5,13H2,1-3H3. The lowest BCUT2D eigenvalue weighted by Gasteiger charge is -2.13. The highest BCUT2D eigenvalue weighted by molar-refractivity contribution is 5.38. The van der Waals surface area contributed by atoms with Crippen LogP contribution in [0.1, 0.15) is 31.5 Å². The molecule has 1 atom stereocenters. The maximum absolute atomic E-state index is 10.8. The fourth-order valence-corrected chi connectivity index (χ4v) is 1.82. The van der Waals surface area contributed by atoms with E-state index in [9.17, 15) is 10.1 Å². The summed E-state index contributed by atoms with van der Waals surface area (Å²) in [6.45, 7) is 5.89. The van der Waals surface area contributed by atoms with Gasteiger partial charge in [-0.1, -0.05) is 13.8 Å². The van der Waals surface area contributed by atoms with E-state index in [0.717, 1.165) is 6.42 Å². The number of rotatable bonds is 5. The third kappa shape index (κ3) is 4.11. The summed E-state index contributed by atoms with van der Waals surface area (Å²) in [6, 6.07) is 1.53. The van der Waals surface area contributed by atoms with E-state index in [1.807, 2.05) is 0 Å². The quantitative estimate of drug-likeness (QED) is 0.628. The molecule has 0 saturated carbocycles. The normalized spacial score (nSPS) is 12.8. The summed E-state index contributed by atoms with van der Waals surface area (Å²) >= 11 is 0. The maximum Gasteiger partial charge on any atom is 0.275 e. The van der Waals surface area contributed by atoms with Crippen molar-refractivity contribution in [2.24, 2.45) is 11.7 Å². The van der Waals surface area contributed by atoms with E-state index in [1.54, 1.807) is 6.92 Å². The fourth-order valence-electron chi connectivity index (χ4n) is 1.82. The number of nitrogens with two attached hydrogens (primary N) is 1. The fraction of sp³-hybridized carbons (Fsp3) is 0.583. The van der Waals surface area contributed by atoms with Crippen molar-refractivity contribution in [3.8, 4) is 0 Å². The lowest BCUT2D eigenvalue weighted by Crippen LogP contribution is -2.25. The van der Waals surface area contributed by atoms with Crippen molar-refractivity contribution in [2.75, 3.05) is 0 Å². The van der Waals surface area contributed by atoms with Gasteiger partial charge in [0.25, 0.3) is 5.69 Å². The van der Waals surface area contributed by atoms with Crippen LogP contribution in [0.5, 0.6) is 0 Å². The zero-order valence-corrected chi connectivity index (χ0v) is 10.5. The monoisotopic (exact) mass is 237 g/mol. The Labute approximate surface area is 101 Å². The highest BCUT2D eigenvalue weighted by Gasteiger charge is 2.14. The summed E-state index contributed by atoms with van der Waals surface area (Å²) < 4.78 is 0. The Morgan fingerprint density at radius 1 is 1.53 bits per heavy atom. The van der Waals surface area contributed by atoms with Gasteiger partial charge < -0.3 is 5.73 Å². The Bertz CT molecular complexity index is 405. The van der Waals surface area contributed by atoms with Crippen LogP contribution in [-0.2, 0) is 6.42 Å². The summed E-state index contributed by atoms with van der Waals surface area (Å²) in [4.78, 5) is 14.6. The van der Waals surface area contributed by atoms with Crippen LogP contribution in [0.15, 0.2) is 12.3 Å². The molecule has 0 aromatic carbocycles. The van der Waals surface area contributed by atoms with Gasteiger partial charge in [0.1, 0.15) is 0 Å². The molecule has 0 aliphatic heterocycles. The first-order valence-corrected chi connectivity index (χ1v) is 5.75. The molecule has 0 fully saturated rings. The first-order chi connectivity index (χ1) is 7.90. The van der Waals surface area contributed by atoms with Crippen molar-refractivity contribution >= 4 is 5.69 Å². The summed E-state index contributed by atoms with van der Waals surface area (Å²) in [5.41, 5.74) is 7.35. The van der Waals surface area contributed by atoms with Crippen molar-refractivity contribution in [1.29, 1.82) is 0 Å². The van der Waals surface area contributed by atoms with Crippen LogP contribution in [0.4, 0.5) is 5.69 Å². The second kappa shape index (κ2) is 5.72. The average molecular weight is 237 g/mol. The van der Waals surface area contributed by atoms with Crippen molar-refractivity contribution < 1.29 is 4.92 Å². The largest absolute Gasteiger partial charge is 0.327 e. The van der Waals surface area contributed by atoms with Crippen LogP contribution >= 0.6 is 0 Å². The van der Waals surface area contributed by atoms with Gasteiger partial charge in [0.2, 0.25) is 0 Å². The minimum Gasteiger partial charge on any atom is -0.327 e. The Kier molecular flexibility index (Phi) is 4.57. The second-order valence-corrected chi connectivity index (χ2v) is 4.81. The molecule has 1 heterocycles. The summed E-state index contributed by atoms with van der Waals surface area (Å²) in [5, 5.41) is 10.8. The summed E-state index contributed by atoms with van der Waals surface area (Å²) in [5.74, 6) is 0.519. The molecule has 0 amide bonds. The number of nitrogens with zero attached hydrogens (tertiary/aromatic N) is 2. The highest BCUT2D eigenvalue weighted by atomic mass is 16.6. The molecule has 1 rings (SSSR count). The van der Waals surface area contributed by atoms with Crippen molar-refractivity contribution in [1.82, 2.24) is 4.98 Å². The Morgan fingerprint density at radius 2 is 2.18 bits per heavy atom. The molecule has 0 bridgehead atoms. The van der Waals surface area contributed by atoms with Gasteiger partial charge in [0.05, 0.1) is 4.92 Å². The van der Waals surface area contributed by atoms with Crippen LogP contribution in [-0.4, -0.2) is 15.9 Å². The molecule has 0 saturated heterocycles. The average Bonchev–Trinajstić information content (AvgIpc) is 2.19. The molecule has 1 unspecified atom stereocenters. The smallest absolute Gasteiger partial charge is 0.275 e. The van der Waals surface area contributed by atoms with Gasteiger partial charge in [-0.2, -0.15) is 0 Å². The first-order valence-electron chi connectivity index (χ1n) is 5.75. The third-order valence-corrected chi connectivity index (χ3v) is 2.57. The molecule has 1 aromatic rings. The molecular formula is C12H19N3O2. The van der Waals surface area contributed by atoms with E-state index in [4.69, 9.17) is 5.73 Å². The molecule has 0 radical (unpaired) electrons. The zero-order valence-electron chi connectivity index (χ0n) is 10.5. The molecule has 0 spiro atoms. The Hall–Kier alpha value is -1.49. The maximum atomic E-state index is 10.8. The van der Waals surface area contributed by atoms with Crippen LogP contribution in [0, 0.1) is 23.0 Å². The number of aromatic nitrogens is 1. The molecule has 2 N–H and O–H groups in total. The van der Waals surface area contributed by atoms with Crippen LogP contribution in [0.3, 0.4) is 0 Å². The van der Waals surface area contributed by atoms with E-state index < -0.39 is 0 Å². The highest BCUT2D eigenvalue weighted by Crippen LogP contribution is 2.18. The van der Waals surface area contributed by atoms with Gasteiger partial charge in [-0.15, -0.1) is 0 Å². The SMILES string of the molecule is Cc1cnc(CC(N)CC(C)C)cc1[N+](=O)[O-]. The second-order valence-electron chi connectivity index (χ2n) is 4.81. The van der Waals surface area contributed by atoms with Gasteiger partial charge in [-0.3, -0.25) is 15.1 Å². The predicted octanol–water partition coefficient (Wildman–Crippen LogP) is 2.21. The van der Waals surface area contributed by atoms with Crippen LogP contribution in [0.25, 0.3) is 0 Å². The lowest BCUT2D eigenvalue weighted by molar-refractivity contribution is -0.385. The molecule has 94 valence electrons. The number of pyridine rings is 1. The van der Waals surface area contributed by atoms with Gasteiger partial charge in [-0.05, 0) is 19.3 Å². The number of hydrogen-bond donors (Lipinski definition) is 1. The topological polar surface area (TPSA) is 82.0 Å². The van der Waals surface area contributed by atoms with E-state index in [1.165, 1.54) is 12.3 Å². The molecule has 17 heavy (non-hydrogen) atoms. The molecule has 0 aliphatic rings. The van der Waals surface area contributed by atoms with Gasteiger partial charge in [0.15, 0.2) is 0 Å². The Balaban J connectivity index is 2.79. The minimum absolute atomic E-state index is 0.00445. The van der Waals surface area contributed by atoms with E-state index >= 15 is 0 Å². The summed E-state index contributed by atoms with van der Waals surface area (Å²) in [7, 11) is 0. The van der Waals surface area contributed by atoms with Crippen molar-refractivity contribution in [2.45, 2.75) is 39.7 Å². The Morgan fingerprint density at radius 3 is 2.71 bits per heavy atom. The number of nitro groups is 1. The molecule has 1 aromatic heterocycles. The van der Waals surface area contributed by atoms with E-state index in [2.05, 4.69) is 18.8 Å².